The molecule has 2 nitrogen and oxygen atoms in total. The summed E-state index contributed by atoms with van der Waals surface area (Å²) in [6.07, 6.45) is 5.65. The van der Waals surface area contributed by atoms with Gasteiger partial charge in [-0.25, -0.2) is 0 Å². The molecule has 2 N–H and O–H groups in total. The van der Waals surface area contributed by atoms with E-state index < -0.39 is 0 Å². The molecule has 0 spiro atoms. The fourth-order valence-corrected chi connectivity index (χ4v) is 2.50. The lowest BCUT2D eigenvalue weighted by molar-refractivity contribution is 0.390. The van der Waals surface area contributed by atoms with E-state index in [0.29, 0.717) is 11.8 Å². The topological polar surface area (TPSA) is 32.3 Å². The Hall–Kier alpha value is -0.670. The van der Waals surface area contributed by atoms with Crippen molar-refractivity contribution in [2.24, 2.45) is 0 Å². The van der Waals surface area contributed by atoms with Crippen LogP contribution < -0.4 is 5.32 Å². The van der Waals surface area contributed by atoms with E-state index in [1.54, 1.807) is 11.8 Å². The number of hydrogen-bond donors (Lipinski definition) is 2. The summed E-state index contributed by atoms with van der Waals surface area (Å²) in [6.45, 7) is 1.06. The molecule has 2 rings (SSSR count). The van der Waals surface area contributed by atoms with Gasteiger partial charge in [-0.3, -0.25) is 0 Å². The fourth-order valence-electron chi connectivity index (χ4n) is 2.06. The summed E-state index contributed by atoms with van der Waals surface area (Å²) in [4.78, 5) is 1.12. The minimum atomic E-state index is 0.342. The first-order valence-corrected chi connectivity index (χ1v) is 6.64. The second-order valence-electron chi connectivity index (χ2n) is 3.93. The van der Waals surface area contributed by atoms with E-state index in [4.69, 9.17) is 0 Å². The standard InChI is InChI=1S/C12H17NOS/c1-15-9-5-6-10(12(14)8-9)11-4-2-3-7-13-11/h5-6,8,11,13-14H,2-4,7H2,1H3. The lowest BCUT2D eigenvalue weighted by atomic mass is 9.97. The van der Waals surface area contributed by atoms with Crippen LogP contribution in [0.1, 0.15) is 30.9 Å². The Morgan fingerprint density at radius 1 is 1.40 bits per heavy atom. The number of piperidine rings is 1. The molecule has 1 saturated heterocycles. The van der Waals surface area contributed by atoms with Gasteiger partial charge >= 0.3 is 0 Å². The third-order valence-corrected chi connectivity index (χ3v) is 3.65. The molecule has 3 heteroatoms. The zero-order valence-corrected chi connectivity index (χ0v) is 9.81. The van der Waals surface area contributed by atoms with Crippen LogP contribution in [0.2, 0.25) is 0 Å². The van der Waals surface area contributed by atoms with Crippen LogP contribution in [0.15, 0.2) is 23.1 Å². The van der Waals surface area contributed by atoms with Crippen molar-refractivity contribution in [1.29, 1.82) is 0 Å². The summed E-state index contributed by atoms with van der Waals surface area (Å²) in [7, 11) is 0. The monoisotopic (exact) mass is 223 g/mol. The lowest BCUT2D eigenvalue weighted by Gasteiger charge is -2.24. The molecule has 0 saturated carbocycles. The molecule has 15 heavy (non-hydrogen) atoms. The van der Waals surface area contributed by atoms with Crippen LogP contribution in [0.3, 0.4) is 0 Å². The van der Waals surface area contributed by atoms with E-state index in [9.17, 15) is 5.11 Å². The number of phenols is 1. The molecule has 1 atom stereocenters. The zero-order valence-electron chi connectivity index (χ0n) is 8.99. The van der Waals surface area contributed by atoms with Gasteiger partial charge in [-0.2, -0.15) is 0 Å². The van der Waals surface area contributed by atoms with Crippen LogP contribution in [-0.2, 0) is 0 Å². The molecule has 1 aliphatic heterocycles. The van der Waals surface area contributed by atoms with E-state index in [1.165, 1.54) is 12.8 Å². The second-order valence-corrected chi connectivity index (χ2v) is 4.81. The van der Waals surface area contributed by atoms with Crippen LogP contribution in [-0.4, -0.2) is 17.9 Å². The summed E-state index contributed by atoms with van der Waals surface area (Å²) in [5.74, 6) is 0.432. The Balaban J connectivity index is 2.19. The Morgan fingerprint density at radius 2 is 2.27 bits per heavy atom. The van der Waals surface area contributed by atoms with Crippen LogP contribution in [0.5, 0.6) is 5.75 Å². The molecule has 1 heterocycles. The number of rotatable bonds is 2. The maximum Gasteiger partial charge on any atom is 0.121 e. The lowest BCUT2D eigenvalue weighted by Crippen LogP contribution is -2.26. The molecule has 0 radical (unpaired) electrons. The third-order valence-electron chi connectivity index (χ3n) is 2.92. The van der Waals surface area contributed by atoms with Gasteiger partial charge in [-0.1, -0.05) is 12.5 Å². The Labute approximate surface area is 95.1 Å². The predicted octanol–water partition coefficient (Wildman–Crippen LogP) is 2.93. The van der Waals surface area contributed by atoms with Crippen molar-refractivity contribution in [3.63, 3.8) is 0 Å². The van der Waals surface area contributed by atoms with E-state index in [0.717, 1.165) is 23.4 Å². The van der Waals surface area contributed by atoms with Crippen molar-refractivity contribution < 1.29 is 5.11 Å². The molecule has 0 amide bonds. The molecule has 1 aromatic carbocycles. The average molecular weight is 223 g/mol. The van der Waals surface area contributed by atoms with Crippen LogP contribution >= 0.6 is 11.8 Å². The van der Waals surface area contributed by atoms with Crippen molar-refractivity contribution in [3.05, 3.63) is 23.8 Å². The molecule has 1 aromatic rings. The number of nitrogens with one attached hydrogen (secondary N) is 1. The number of aromatic hydroxyl groups is 1. The summed E-state index contributed by atoms with van der Waals surface area (Å²) in [5.41, 5.74) is 1.05. The van der Waals surface area contributed by atoms with E-state index in [1.807, 2.05) is 18.4 Å². The molecular formula is C12H17NOS. The molecule has 1 fully saturated rings. The largest absolute Gasteiger partial charge is 0.508 e. The third kappa shape index (κ3) is 2.47. The van der Waals surface area contributed by atoms with Crippen molar-refractivity contribution in [1.82, 2.24) is 5.32 Å². The number of phenolic OH excluding ortho intramolecular Hbond substituents is 1. The van der Waals surface area contributed by atoms with Gasteiger partial charge in [-0.05, 0) is 37.8 Å². The van der Waals surface area contributed by atoms with Gasteiger partial charge in [0.25, 0.3) is 0 Å². The fraction of sp³-hybridized carbons (Fsp3) is 0.500. The molecule has 0 aliphatic carbocycles. The minimum absolute atomic E-state index is 0.342. The highest BCUT2D eigenvalue weighted by Gasteiger charge is 2.17. The Morgan fingerprint density at radius 3 is 2.87 bits per heavy atom. The number of thioether (sulfide) groups is 1. The molecule has 1 aliphatic rings. The zero-order chi connectivity index (χ0) is 10.7. The van der Waals surface area contributed by atoms with Crippen molar-refractivity contribution in [2.45, 2.75) is 30.2 Å². The quantitative estimate of drug-likeness (QED) is 0.756. The smallest absolute Gasteiger partial charge is 0.121 e. The predicted molar refractivity (Wildman–Crippen MR) is 64.5 cm³/mol. The SMILES string of the molecule is CSc1ccc(C2CCCCN2)c(O)c1. The van der Waals surface area contributed by atoms with Gasteiger partial charge in [0.2, 0.25) is 0 Å². The maximum atomic E-state index is 9.92. The van der Waals surface area contributed by atoms with Gasteiger partial charge in [0, 0.05) is 16.5 Å². The Bertz CT molecular complexity index is 334. The number of hydrogen-bond acceptors (Lipinski definition) is 3. The van der Waals surface area contributed by atoms with E-state index in [2.05, 4.69) is 11.4 Å². The van der Waals surface area contributed by atoms with Crippen LogP contribution in [0, 0.1) is 0 Å². The molecule has 0 bridgehead atoms. The first-order valence-electron chi connectivity index (χ1n) is 5.41. The Kier molecular flexibility index (Phi) is 3.54. The molecule has 82 valence electrons. The first-order chi connectivity index (χ1) is 7.31. The highest BCUT2D eigenvalue weighted by molar-refractivity contribution is 7.98. The van der Waals surface area contributed by atoms with E-state index >= 15 is 0 Å². The normalized spacial score (nSPS) is 21.5. The van der Waals surface area contributed by atoms with Gasteiger partial charge in [0.15, 0.2) is 0 Å². The summed E-state index contributed by atoms with van der Waals surface area (Å²) in [6, 6.07) is 6.32. The van der Waals surface area contributed by atoms with E-state index in [-0.39, 0.29) is 0 Å². The van der Waals surface area contributed by atoms with Gasteiger partial charge in [0.05, 0.1) is 0 Å². The highest BCUT2D eigenvalue weighted by atomic mass is 32.2. The van der Waals surface area contributed by atoms with Crippen molar-refractivity contribution in [2.75, 3.05) is 12.8 Å². The summed E-state index contributed by atoms with van der Waals surface area (Å²) < 4.78 is 0. The van der Waals surface area contributed by atoms with Gasteiger partial charge < -0.3 is 10.4 Å². The van der Waals surface area contributed by atoms with Crippen LogP contribution in [0.4, 0.5) is 0 Å². The maximum absolute atomic E-state index is 9.92. The second kappa shape index (κ2) is 4.90. The minimum Gasteiger partial charge on any atom is -0.508 e. The van der Waals surface area contributed by atoms with Gasteiger partial charge in [-0.15, -0.1) is 11.8 Å². The van der Waals surface area contributed by atoms with Crippen molar-refractivity contribution in [3.8, 4) is 5.75 Å². The highest BCUT2D eigenvalue weighted by Crippen LogP contribution is 2.32. The number of benzene rings is 1. The van der Waals surface area contributed by atoms with Crippen molar-refractivity contribution >= 4 is 11.8 Å². The molecule has 1 unspecified atom stereocenters. The van der Waals surface area contributed by atoms with Gasteiger partial charge in [0.1, 0.15) is 5.75 Å². The first kappa shape index (κ1) is 10.8. The molecular weight excluding hydrogens is 206 g/mol. The molecule has 0 aromatic heterocycles. The average Bonchev–Trinajstić information content (AvgIpc) is 2.30. The van der Waals surface area contributed by atoms with Crippen LogP contribution in [0.25, 0.3) is 0 Å². The summed E-state index contributed by atoms with van der Waals surface area (Å²) in [5, 5.41) is 13.4. The summed E-state index contributed by atoms with van der Waals surface area (Å²) >= 11 is 1.66.